The summed E-state index contributed by atoms with van der Waals surface area (Å²) in [5, 5.41) is 3.03. The third-order valence-electron chi connectivity index (χ3n) is 4.88. The van der Waals surface area contributed by atoms with Crippen molar-refractivity contribution < 1.29 is 22.7 Å². The van der Waals surface area contributed by atoms with Crippen LogP contribution >= 0.6 is 11.3 Å². The summed E-state index contributed by atoms with van der Waals surface area (Å²) < 4.78 is 36.9. The predicted molar refractivity (Wildman–Crippen MR) is 106 cm³/mol. The number of nitrogens with one attached hydrogen (secondary N) is 1. The van der Waals surface area contributed by atoms with Crippen molar-refractivity contribution in [2.24, 2.45) is 0 Å². The number of thiazole rings is 1. The monoisotopic (exact) mass is 423 g/mol. The molecule has 1 amide bonds. The molecular formula is C18H21N3O5S2. The summed E-state index contributed by atoms with van der Waals surface area (Å²) in [6.45, 7) is 0.767. The van der Waals surface area contributed by atoms with E-state index in [0.29, 0.717) is 41.7 Å². The highest BCUT2D eigenvalue weighted by molar-refractivity contribution is 7.90. The Morgan fingerprint density at radius 3 is 2.75 bits per heavy atom. The Hall–Kier alpha value is -2.17. The minimum atomic E-state index is -3.21. The molecule has 1 aliphatic heterocycles. The molecule has 2 aromatic rings. The van der Waals surface area contributed by atoms with Gasteiger partial charge in [0, 0.05) is 30.5 Å². The van der Waals surface area contributed by atoms with Crippen LogP contribution in [0.3, 0.4) is 0 Å². The van der Waals surface area contributed by atoms with Crippen LogP contribution in [0.25, 0.3) is 0 Å². The van der Waals surface area contributed by atoms with E-state index in [2.05, 4.69) is 10.3 Å². The lowest BCUT2D eigenvalue weighted by Crippen LogP contribution is -2.37. The van der Waals surface area contributed by atoms with Gasteiger partial charge in [-0.3, -0.25) is 10.1 Å². The minimum Gasteiger partial charge on any atom is -0.497 e. The van der Waals surface area contributed by atoms with E-state index in [1.807, 2.05) is 0 Å². The third-order valence-corrected chi connectivity index (χ3v) is 8.22. The van der Waals surface area contributed by atoms with Crippen LogP contribution in [0.2, 0.25) is 0 Å². The van der Waals surface area contributed by atoms with Gasteiger partial charge in [-0.05, 0) is 25.0 Å². The summed E-state index contributed by atoms with van der Waals surface area (Å²) in [6, 6.07) is 4.96. The Morgan fingerprint density at radius 2 is 2.07 bits per heavy atom. The SMILES string of the molecule is COc1ccc(C(=O)Nc2nc3c(s2)CN(S(=O)(=O)C2CC2)CC3)c(OC)c1. The van der Waals surface area contributed by atoms with Crippen LogP contribution in [0.15, 0.2) is 18.2 Å². The van der Waals surface area contributed by atoms with Crippen LogP contribution < -0.4 is 14.8 Å². The van der Waals surface area contributed by atoms with E-state index in [0.717, 1.165) is 23.4 Å². The molecule has 2 aliphatic rings. The number of amides is 1. The zero-order valence-corrected chi connectivity index (χ0v) is 17.2. The first-order chi connectivity index (χ1) is 13.4. The highest BCUT2D eigenvalue weighted by Crippen LogP contribution is 2.36. The zero-order valence-electron chi connectivity index (χ0n) is 15.6. The molecule has 0 spiro atoms. The number of hydrogen-bond donors (Lipinski definition) is 1. The molecule has 1 aromatic heterocycles. The molecule has 10 heteroatoms. The van der Waals surface area contributed by atoms with Crippen LogP contribution in [-0.4, -0.2) is 49.6 Å². The van der Waals surface area contributed by atoms with Crippen molar-refractivity contribution in [3.63, 3.8) is 0 Å². The molecular weight excluding hydrogens is 402 g/mol. The second-order valence-electron chi connectivity index (χ2n) is 6.74. The Kier molecular flexibility index (Phi) is 5.02. The smallest absolute Gasteiger partial charge is 0.261 e. The number of benzene rings is 1. The van der Waals surface area contributed by atoms with E-state index >= 15 is 0 Å². The van der Waals surface area contributed by atoms with Gasteiger partial charge < -0.3 is 9.47 Å². The van der Waals surface area contributed by atoms with E-state index in [-0.39, 0.29) is 11.2 Å². The van der Waals surface area contributed by atoms with E-state index < -0.39 is 10.0 Å². The van der Waals surface area contributed by atoms with Gasteiger partial charge in [0.25, 0.3) is 5.91 Å². The van der Waals surface area contributed by atoms with Gasteiger partial charge in [-0.15, -0.1) is 11.3 Å². The first-order valence-electron chi connectivity index (χ1n) is 8.93. The number of methoxy groups -OCH3 is 2. The molecule has 1 aromatic carbocycles. The summed E-state index contributed by atoms with van der Waals surface area (Å²) in [6.07, 6.45) is 2.05. The van der Waals surface area contributed by atoms with Crippen LogP contribution in [0.5, 0.6) is 11.5 Å². The maximum atomic E-state index is 12.7. The number of carbonyl (C=O) groups excluding carboxylic acids is 1. The number of carbonyl (C=O) groups is 1. The number of aromatic nitrogens is 1. The molecule has 28 heavy (non-hydrogen) atoms. The van der Waals surface area contributed by atoms with Crippen molar-refractivity contribution in [3.8, 4) is 11.5 Å². The topological polar surface area (TPSA) is 97.8 Å². The second-order valence-corrected chi connectivity index (χ2v) is 10.0. The Bertz CT molecular complexity index is 1010. The average Bonchev–Trinajstić information content (AvgIpc) is 3.48. The molecule has 0 saturated heterocycles. The summed E-state index contributed by atoms with van der Waals surface area (Å²) in [5.41, 5.74) is 1.22. The van der Waals surface area contributed by atoms with E-state index in [1.54, 1.807) is 29.6 Å². The van der Waals surface area contributed by atoms with Crippen molar-refractivity contribution in [3.05, 3.63) is 34.3 Å². The molecule has 0 radical (unpaired) electrons. The molecule has 8 nitrogen and oxygen atoms in total. The summed E-state index contributed by atoms with van der Waals surface area (Å²) in [7, 11) is -0.176. The number of hydrogen-bond acceptors (Lipinski definition) is 7. The fourth-order valence-corrected chi connectivity index (χ4v) is 6.08. The second kappa shape index (κ2) is 7.34. The average molecular weight is 424 g/mol. The maximum Gasteiger partial charge on any atom is 0.261 e. The van der Waals surface area contributed by atoms with Gasteiger partial charge in [-0.1, -0.05) is 0 Å². The van der Waals surface area contributed by atoms with Gasteiger partial charge in [-0.25, -0.2) is 13.4 Å². The molecule has 2 heterocycles. The normalized spacial score (nSPS) is 17.1. The van der Waals surface area contributed by atoms with Crippen molar-refractivity contribution in [2.45, 2.75) is 31.1 Å². The van der Waals surface area contributed by atoms with Crippen molar-refractivity contribution >= 4 is 32.4 Å². The largest absolute Gasteiger partial charge is 0.497 e. The molecule has 1 saturated carbocycles. The fraction of sp³-hybridized carbons (Fsp3) is 0.444. The lowest BCUT2D eigenvalue weighted by Gasteiger charge is -2.25. The van der Waals surface area contributed by atoms with Crippen molar-refractivity contribution in [1.29, 1.82) is 0 Å². The number of fused-ring (bicyclic) bond motifs is 1. The minimum absolute atomic E-state index is 0.219. The van der Waals surface area contributed by atoms with Crippen molar-refractivity contribution in [1.82, 2.24) is 9.29 Å². The Labute approximate surface area is 167 Å². The Morgan fingerprint density at radius 1 is 1.29 bits per heavy atom. The summed E-state index contributed by atoms with van der Waals surface area (Å²) >= 11 is 1.32. The standard InChI is InChI=1S/C18H21N3O5S2/c1-25-11-3-6-13(15(9-11)26-2)17(22)20-18-19-14-7-8-21(10-16(14)27-18)28(23,24)12-4-5-12/h3,6,9,12H,4-5,7-8,10H2,1-2H3,(H,19,20,22). The summed E-state index contributed by atoms with van der Waals surface area (Å²) in [4.78, 5) is 18.0. The molecule has 0 atom stereocenters. The van der Waals surface area contributed by atoms with Crippen LogP contribution in [0, 0.1) is 0 Å². The van der Waals surface area contributed by atoms with Gasteiger partial charge in [-0.2, -0.15) is 4.31 Å². The quantitative estimate of drug-likeness (QED) is 0.765. The molecule has 1 N–H and O–H groups in total. The number of rotatable bonds is 6. The van der Waals surface area contributed by atoms with E-state index in [9.17, 15) is 13.2 Å². The summed E-state index contributed by atoms with van der Waals surface area (Å²) in [5.74, 6) is 0.656. The lowest BCUT2D eigenvalue weighted by molar-refractivity contribution is 0.102. The number of nitrogens with zero attached hydrogens (tertiary/aromatic N) is 2. The first-order valence-corrected chi connectivity index (χ1v) is 11.2. The lowest BCUT2D eigenvalue weighted by atomic mass is 10.2. The highest BCUT2D eigenvalue weighted by Gasteiger charge is 2.41. The molecule has 150 valence electrons. The van der Waals surface area contributed by atoms with Crippen molar-refractivity contribution in [2.75, 3.05) is 26.1 Å². The molecule has 4 rings (SSSR count). The molecule has 0 bridgehead atoms. The van der Waals surface area contributed by atoms with Gasteiger partial charge in [0.1, 0.15) is 11.5 Å². The third kappa shape index (κ3) is 3.59. The van der Waals surface area contributed by atoms with E-state index in [1.165, 1.54) is 18.4 Å². The number of sulfonamides is 1. The van der Waals surface area contributed by atoms with Crippen LogP contribution in [-0.2, 0) is 23.0 Å². The van der Waals surface area contributed by atoms with Gasteiger partial charge in [0.15, 0.2) is 5.13 Å². The van der Waals surface area contributed by atoms with Gasteiger partial charge >= 0.3 is 0 Å². The van der Waals surface area contributed by atoms with E-state index in [4.69, 9.17) is 9.47 Å². The number of anilines is 1. The van der Waals surface area contributed by atoms with Crippen LogP contribution in [0.1, 0.15) is 33.8 Å². The van der Waals surface area contributed by atoms with Gasteiger partial charge in [0.05, 0.1) is 30.7 Å². The molecule has 0 unspecified atom stereocenters. The van der Waals surface area contributed by atoms with Gasteiger partial charge in [0.2, 0.25) is 10.0 Å². The fourth-order valence-electron chi connectivity index (χ4n) is 3.17. The zero-order chi connectivity index (χ0) is 19.9. The highest BCUT2D eigenvalue weighted by atomic mass is 32.2. The first kappa shape index (κ1) is 19.2. The predicted octanol–water partition coefficient (Wildman–Crippen LogP) is 2.26. The van der Waals surface area contributed by atoms with Crippen LogP contribution in [0.4, 0.5) is 5.13 Å². The maximum absolute atomic E-state index is 12.7. The molecule has 1 fully saturated rings. The number of ether oxygens (including phenoxy) is 2. The Balaban J connectivity index is 1.50. The molecule has 1 aliphatic carbocycles.